The van der Waals surface area contributed by atoms with Crippen molar-refractivity contribution in [2.75, 3.05) is 46.0 Å². The lowest BCUT2D eigenvalue weighted by Gasteiger charge is -2.34. The Morgan fingerprint density at radius 2 is 1.95 bits per heavy atom. The second-order valence-corrected chi connectivity index (χ2v) is 7.02. The summed E-state index contributed by atoms with van der Waals surface area (Å²) < 4.78 is 11.2. The molecule has 3 heterocycles. The third-order valence-electron chi connectivity index (χ3n) is 5.39. The highest BCUT2D eigenvalue weighted by molar-refractivity contribution is 5.76. The van der Waals surface area contributed by atoms with Crippen LogP contribution in [-0.4, -0.2) is 73.9 Å². The maximum atomic E-state index is 12.5. The molecule has 1 amide bonds. The van der Waals surface area contributed by atoms with E-state index in [1.807, 2.05) is 0 Å². The van der Waals surface area contributed by atoms with Gasteiger partial charge in [0.25, 0.3) is 0 Å². The van der Waals surface area contributed by atoms with Crippen molar-refractivity contribution < 1.29 is 14.3 Å². The third-order valence-corrected chi connectivity index (χ3v) is 5.39. The van der Waals surface area contributed by atoms with E-state index in [-0.39, 0.29) is 0 Å². The molecule has 0 radical (unpaired) electrons. The maximum absolute atomic E-state index is 12.5. The van der Waals surface area contributed by atoms with Crippen LogP contribution in [0.3, 0.4) is 0 Å². The number of likely N-dealkylation sites (tertiary alicyclic amines) is 1. The van der Waals surface area contributed by atoms with Crippen molar-refractivity contribution >= 4 is 5.91 Å². The van der Waals surface area contributed by atoms with Crippen molar-refractivity contribution in [3.05, 3.63) is 0 Å². The lowest BCUT2D eigenvalue weighted by molar-refractivity contribution is -0.131. The summed E-state index contributed by atoms with van der Waals surface area (Å²) in [4.78, 5) is 17.1. The van der Waals surface area contributed by atoms with Crippen LogP contribution in [-0.2, 0) is 14.3 Å². The van der Waals surface area contributed by atoms with Crippen LogP contribution < -0.4 is 0 Å². The molecule has 0 bridgehead atoms. The number of morpholine rings is 1. The molecule has 5 nitrogen and oxygen atoms in total. The number of hydrogen-bond acceptors (Lipinski definition) is 4. The molecule has 0 N–H and O–H groups in total. The number of nitrogens with zero attached hydrogens (tertiary/aromatic N) is 2. The zero-order chi connectivity index (χ0) is 15.4. The van der Waals surface area contributed by atoms with Crippen molar-refractivity contribution in [1.82, 2.24) is 9.80 Å². The molecule has 3 fully saturated rings. The lowest BCUT2D eigenvalue weighted by Crippen LogP contribution is -2.47. The number of carbonyl (C=O) groups is 1. The standard InChI is InChI=1S/C17H30N2O3/c1-14-12-19(13-16(14)18-7-10-21-11-8-18)17(20)6-5-15-4-2-3-9-22-15/h14-16H,2-13H2,1H3/t14-,15+,16-/m1/s1. The summed E-state index contributed by atoms with van der Waals surface area (Å²) in [5.74, 6) is 0.879. The first-order chi connectivity index (χ1) is 10.7. The molecule has 3 aliphatic rings. The predicted octanol–water partition coefficient (Wildman–Crippen LogP) is 1.51. The van der Waals surface area contributed by atoms with E-state index in [0.29, 0.717) is 30.4 Å². The van der Waals surface area contributed by atoms with Crippen molar-refractivity contribution in [2.45, 2.75) is 51.2 Å². The first kappa shape index (κ1) is 16.2. The van der Waals surface area contributed by atoms with Gasteiger partial charge in [0.15, 0.2) is 0 Å². The number of rotatable bonds is 4. The van der Waals surface area contributed by atoms with E-state index in [0.717, 1.165) is 58.8 Å². The van der Waals surface area contributed by atoms with E-state index in [1.165, 1.54) is 12.8 Å². The van der Waals surface area contributed by atoms with Gasteiger partial charge in [-0.15, -0.1) is 0 Å². The van der Waals surface area contributed by atoms with Gasteiger partial charge in [-0.25, -0.2) is 0 Å². The van der Waals surface area contributed by atoms with E-state index in [4.69, 9.17) is 9.47 Å². The van der Waals surface area contributed by atoms with E-state index in [1.54, 1.807) is 0 Å². The van der Waals surface area contributed by atoms with Gasteiger partial charge in [-0.1, -0.05) is 6.92 Å². The summed E-state index contributed by atoms with van der Waals surface area (Å²) >= 11 is 0. The minimum Gasteiger partial charge on any atom is -0.379 e. The molecule has 0 aliphatic carbocycles. The van der Waals surface area contributed by atoms with Gasteiger partial charge in [0.1, 0.15) is 0 Å². The van der Waals surface area contributed by atoms with Crippen LogP contribution in [0.1, 0.15) is 39.0 Å². The molecule has 3 atom stereocenters. The fraction of sp³-hybridized carbons (Fsp3) is 0.941. The van der Waals surface area contributed by atoms with Gasteiger partial charge in [0.2, 0.25) is 5.91 Å². The Hall–Kier alpha value is -0.650. The minimum absolute atomic E-state index is 0.313. The molecule has 0 saturated carbocycles. The van der Waals surface area contributed by atoms with Crippen LogP contribution in [0.5, 0.6) is 0 Å². The Bertz CT molecular complexity index is 365. The molecule has 3 saturated heterocycles. The highest BCUT2D eigenvalue weighted by Crippen LogP contribution is 2.24. The molecule has 3 rings (SSSR count). The minimum atomic E-state index is 0.313. The fourth-order valence-electron chi connectivity index (χ4n) is 4.02. The number of hydrogen-bond donors (Lipinski definition) is 0. The second kappa shape index (κ2) is 7.75. The maximum Gasteiger partial charge on any atom is 0.222 e. The first-order valence-corrected chi connectivity index (χ1v) is 8.95. The van der Waals surface area contributed by atoms with Crippen LogP contribution in [0.25, 0.3) is 0 Å². The largest absolute Gasteiger partial charge is 0.379 e. The van der Waals surface area contributed by atoms with Gasteiger partial charge in [0.05, 0.1) is 19.3 Å². The molecule has 126 valence electrons. The fourth-order valence-corrected chi connectivity index (χ4v) is 4.02. The summed E-state index contributed by atoms with van der Waals surface area (Å²) in [5, 5.41) is 0. The average molecular weight is 310 g/mol. The molecule has 0 unspecified atom stereocenters. The molecule has 0 aromatic heterocycles. The summed E-state index contributed by atoms with van der Waals surface area (Å²) in [5.41, 5.74) is 0. The number of carbonyl (C=O) groups excluding carboxylic acids is 1. The Labute approximate surface area is 133 Å². The Balaban J connectivity index is 1.44. The van der Waals surface area contributed by atoms with Crippen LogP contribution in [0.2, 0.25) is 0 Å². The molecule has 0 aromatic carbocycles. The second-order valence-electron chi connectivity index (χ2n) is 7.02. The average Bonchev–Trinajstić information content (AvgIpc) is 2.96. The van der Waals surface area contributed by atoms with Gasteiger partial charge in [-0.3, -0.25) is 9.69 Å². The monoisotopic (exact) mass is 310 g/mol. The number of amides is 1. The van der Waals surface area contributed by atoms with Crippen LogP contribution >= 0.6 is 0 Å². The predicted molar refractivity (Wildman–Crippen MR) is 84.7 cm³/mol. The van der Waals surface area contributed by atoms with Gasteiger partial charge >= 0.3 is 0 Å². The lowest BCUT2D eigenvalue weighted by atomic mass is 10.0. The van der Waals surface area contributed by atoms with Crippen molar-refractivity contribution in [3.63, 3.8) is 0 Å². The first-order valence-electron chi connectivity index (χ1n) is 8.95. The molecule has 5 heteroatoms. The quantitative estimate of drug-likeness (QED) is 0.789. The molecule has 0 spiro atoms. The molecular weight excluding hydrogens is 280 g/mol. The van der Waals surface area contributed by atoms with E-state index < -0.39 is 0 Å². The van der Waals surface area contributed by atoms with Gasteiger partial charge in [-0.05, 0) is 31.6 Å². The molecule has 0 aromatic rings. The summed E-state index contributed by atoms with van der Waals surface area (Å²) in [6.07, 6.45) is 5.40. The Kier molecular flexibility index (Phi) is 5.71. The van der Waals surface area contributed by atoms with Crippen LogP contribution in [0, 0.1) is 5.92 Å². The van der Waals surface area contributed by atoms with E-state index in [2.05, 4.69) is 16.7 Å². The molecular formula is C17H30N2O3. The van der Waals surface area contributed by atoms with Crippen LogP contribution in [0.4, 0.5) is 0 Å². The number of ether oxygens (including phenoxy) is 2. The highest BCUT2D eigenvalue weighted by atomic mass is 16.5. The van der Waals surface area contributed by atoms with Crippen molar-refractivity contribution in [2.24, 2.45) is 5.92 Å². The summed E-state index contributed by atoms with van der Waals surface area (Å²) in [7, 11) is 0. The summed E-state index contributed by atoms with van der Waals surface area (Å²) in [6, 6.07) is 0.513. The normalized spacial score (nSPS) is 34.0. The SMILES string of the molecule is C[C@@H]1CN(C(=O)CC[C@@H]2CCCCO2)C[C@H]1N1CCOCC1. The van der Waals surface area contributed by atoms with Crippen molar-refractivity contribution in [1.29, 1.82) is 0 Å². The van der Waals surface area contributed by atoms with Gasteiger partial charge in [0, 0.05) is 45.2 Å². The smallest absolute Gasteiger partial charge is 0.222 e. The molecule has 3 aliphatic heterocycles. The molecule has 22 heavy (non-hydrogen) atoms. The van der Waals surface area contributed by atoms with Gasteiger partial charge < -0.3 is 14.4 Å². The van der Waals surface area contributed by atoms with E-state index >= 15 is 0 Å². The third kappa shape index (κ3) is 4.00. The zero-order valence-corrected chi connectivity index (χ0v) is 13.8. The highest BCUT2D eigenvalue weighted by Gasteiger charge is 2.36. The Morgan fingerprint density at radius 3 is 2.68 bits per heavy atom. The van der Waals surface area contributed by atoms with E-state index in [9.17, 15) is 4.79 Å². The van der Waals surface area contributed by atoms with Gasteiger partial charge in [-0.2, -0.15) is 0 Å². The van der Waals surface area contributed by atoms with Crippen molar-refractivity contribution in [3.8, 4) is 0 Å². The van der Waals surface area contributed by atoms with Crippen LogP contribution in [0.15, 0.2) is 0 Å². The zero-order valence-electron chi connectivity index (χ0n) is 13.8. The topological polar surface area (TPSA) is 42.0 Å². The Morgan fingerprint density at radius 1 is 1.14 bits per heavy atom. The summed E-state index contributed by atoms with van der Waals surface area (Å²) in [6.45, 7) is 8.63.